The third-order valence-electron chi connectivity index (χ3n) is 5.11. The van der Waals surface area contributed by atoms with Crippen LogP contribution >= 0.6 is 0 Å². The molecule has 3 atom stereocenters. The highest BCUT2D eigenvalue weighted by atomic mass is 32.2. The van der Waals surface area contributed by atoms with E-state index in [0.29, 0.717) is 16.7 Å². The molecule has 0 saturated heterocycles. The maximum Gasteiger partial charge on any atom is 0.0506 e. The predicted molar refractivity (Wildman–Crippen MR) is 83.9 cm³/mol. The molecule has 3 heteroatoms. The summed E-state index contributed by atoms with van der Waals surface area (Å²) in [5.74, 6) is 1.71. The molecule has 0 aromatic heterocycles. The summed E-state index contributed by atoms with van der Waals surface area (Å²) < 4.78 is 12.7. The Balaban J connectivity index is 1.94. The highest BCUT2D eigenvalue weighted by Gasteiger charge is 2.44. The normalized spacial score (nSPS) is 32.8. The van der Waals surface area contributed by atoms with Crippen LogP contribution in [0.2, 0.25) is 0 Å². The summed E-state index contributed by atoms with van der Waals surface area (Å²) in [6.07, 6.45) is 8.87. The minimum Gasteiger partial charge on any atom is -0.312 e. The molecular weight excluding hydrogens is 254 g/mol. The fourth-order valence-corrected chi connectivity index (χ4v) is 6.06. The molecule has 3 unspecified atom stereocenters. The van der Waals surface area contributed by atoms with Crippen molar-refractivity contribution in [2.75, 3.05) is 12.3 Å². The van der Waals surface area contributed by atoms with E-state index in [2.05, 4.69) is 26.1 Å². The average Bonchev–Trinajstić information content (AvgIpc) is 2.94. The molecule has 0 aromatic rings. The Hall–Kier alpha value is 0.110. The second-order valence-electron chi connectivity index (χ2n) is 7.20. The van der Waals surface area contributed by atoms with Gasteiger partial charge in [0.05, 0.1) is 5.25 Å². The Kier molecular flexibility index (Phi) is 5.47. The van der Waals surface area contributed by atoms with Gasteiger partial charge in [-0.15, -0.1) is 0 Å². The van der Waals surface area contributed by atoms with Gasteiger partial charge in [-0.25, -0.2) is 0 Å². The predicted octanol–water partition coefficient (Wildman–Crippen LogP) is 3.48. The molecule has 2 nitrogen and oxygen atoms in total. The fraction of sp³-hybridized carbons (Fsp3) is 1.00. The van der Waals surface area contributed by atoms with Crippen molar-refractivity contribution in [1.82, 2.24) is 5.32 Å². The van der Waals surface area contributed by atoms with E-state index < -0.39 is 10.8 Å². The largest absolute Gasteiger partial charge is 0.312 e. The lowest BCUT2D eigenvalue weighted by atomic mass is 9.87. The number of hydrogen-bond acceptors (Lipinski definition) is 2. The van der Waals surface area contributed by atoms with Gasteiger partial charge in [-0.05, 0) is 50.0 Å². The monoisotopic (exact) mass is 285 g/mol. The Labute approximate surface area is 121 Å². The summed E-state index contributed by atoms with van der Waals surface area (Å²) in [5.41, 5.74) is 0.311. The molecule has 0 radical (unpaired) electrons. The zero-order valence-electron chi connectivity index (χ0n) is 12.9. The van der Waals surface area contributed by atoms with Crippen LogP contribution in [0.3, 0.4) is 0 Å². The molecule has 0 aromatic carbocycles. The molecule has 2 aliphatic carbocycles. The molecule has 2 aliphatic rings. The van der Waals surface area contributed by atoms with Gasteiger partial charge in [0.15, 0.2) is 0 Å². The van der Waals surface area contributed by atoms with Gasteiger partial charge in [-0.2, -0.15) is 0 Å². The third kappa shape index (κ3) is 3.81. The van der Waals surface area contributed by atoms with Gasteiger partial charge >= 0.3 is 0 Å². The molecule has 19 heavy (non-hydrogen) atoms. The van der Waals surface area contributed by atoms with Gasteiger partial charge in [-0.3, -0.25) is 4.21 Å². The van der Waals surface area contributed by atoms with Crippen LogP contribution in [0.25, 0.3) is 0 Å². The molecule has 0 aliphatic heterocycles. The van der Waals surface area contributed by atoms with E-state index in [4.69, 9.17) is 0 Å². The second-order valence-corrected chi connectivity index (χ2v) is 8.90. The molecule has 1 N–H and O–H groups in total. The minimum atomic E-state index is -0.628. The van der Waals surface area contributed by atoms with Gasteiger partial charge in [0.2, 0.25) is 0 Å². The molecule has 112 valence electrons. The van der Waals surface area contributed by atoms with Gasteiger partial charge < -0.3 is 5.32 Å². The van der Waals surface area contributed by atoms with Crippen LogP contribution in [0.1, 0.15) is 65.7 Å². The van der Waals surface area contributed by atoms with Gasteiger partial charge in [0.25, 0.3) is 0 Å². The summed E-state index contributed by atoms with van der Waals surface area (Å²) in [6, 6.07) is 0.453. The molecule has 2 fully saturated rings. The molecule has 0 bridgehead atoms. The van der Waals surface area contributed by atoms with Crippen LogP contribution < -0.4 is 5.32 Å². The van der Waals surface area contributed by atoms with Crippen LogP contribution in [-0.2, 0) is 10.8 Å². The highest BCUT2D eigenvalue weighted by molar-refractivity contribution is 7.85. The van der Waals surface area contributed by atoms with E-state index in [1.807, 2.05) is 0 Å². The summed E-state index contributed by atoms with van der Waals surface area (Å²) >= 11 is 0. The second kappa shape index (κ2) is 6.71. The van der Waals surface area contributed by atoms with Crippen molar-refractivity contribution in [3.05, 3.63) is 0 Å². The summed E-state index contributed by atoms with van der Waals surface area (Å²) in [4.78, 5) is 0. The van der Waals surface area contributed by atoms with Gasteiger partial charge in [0, 0.05) is 22.6 Å². The SMILES string of the molecule is CCCNC1C(S(=O)CC2CCCC2)CCC1(C)C. The lowest BCUT2D eigenvalue weighted by Crippen LogP contribution is -2.47. The van der Waals surface area contributed by atoms with Crippen LogP contribution in [-0.4, -0.2) is 27.8 Å². The molecule has 0 spiro atoms. The molecule has 0 heterocycles. The quantitative estimate of drug-likeness (QED) is 0.809. The number of rotatable bonds is 6. The summed E-state index contributed by atoms with van der Waals surface area (Å²) in [5, 5.41) is 4.08. The van der Waals surface area contributed by atoms with E-state index in [-0.39, 0.29) is 0 Å². The first-order valence-electron chi connectivity index (χ1n) is 8.15. The molecule has 2 saturated carbocycles. The topological polar surface area (TPSA) is 29.1 Å². The lowest BCUT2D eigenvalue weighted by Gasteiger charge is -2.31. The smallest absolute Gasteiger partial charge is 0.0506 e. The minimum absolute atomic E-state index is 0.311. The van der Waals surface area contributed by atoms with Crippen LogP contribution in [0, 0.1) is 11.3 Å². The molecule has 2 rings (SSSR count). The van der Waals surface area contributed by atoms with Crippen LogP contribution in [0.5, 0.6) is 0 Å². The van der Waals surface area contributed by atoms with Crippen molar-refractivity contribution >= 4 is 10.8 Å². The molecule has 0 amide bonds. The lowest BCUT2D eigenvalue weighted by molar-refractivity contribution is 0.286. The van der Waals surface area contributed by atoms with E-state index in [0.717, 1.165) is 31.1 Å². The number of hydrogen-bond donors (Lipinski definition) is 1. The van der Waals surface area contributed by atoms with Crippen molar-refractivity contribution in [2.45, 2.75) is 77.0 Å². The van der Waals surface area contributed by atoms with Gasteiger partial charge in [0.1, 0.15) is 0 Å². The third-order valence-corrected chi connectivity index (χ3v) is 7.10. The zero-order chi connectivity index (χ0) is 13.9. The Morgan fingerprint density at radius 3 is 2.53 bits per heavy atom. The fourth-order valence-electron chi connectivity index (χ4n) is 3.86. The van der Waals surface area contributed by atoms with Crippen LogP contribution in [0.4, 0.5) is 0 Å². The Morgan fingerprint density at radius 2 is 1.89 bits per heavy atom. The van der Waals surface area contributed by atoms with Crippen LogP contribution in [0.15, 0.2) is 0 Å². The Bertz CT molecular complexity index is 310. The van der Waals surface area contributed by atoms with E-state index in [1.54, 1.807) is 0 Å². The first-order chi connectivity index (χ1) is 9.04. The average molecular weight is 285 g/mol. The van der Waals surface area contributed by atoms with Crippen molar-refractivity contribution in [3.8, 4) is 0 Å². The van der Waals surface area contributed by atoms with E-state index in [1.165, 1.54) is 32.1 Å². The summed E-state index contributed by atoms with van der Waals surface area (Å²) in [6.45, 7) is 7.95. The van der Waals surface area contributed by atoms with Crippen molar-refractivity contribution in [2.24, 2.45) is 11.3 Å². The standard InChI is InChI=1S/C16H31NOS/c1-4-11-17-15-14(9-10-16(15,2)3)19(18)12-13-7-5-6-8-13/h13-15,17H,4-12H2,1-3H3. The molecular formula is C16H31NOS. The van der Waals surface area contributed by atoms with Crippen molar-refractivity contribution < 1.29 is 4.21 Å². The summed E-state index contributed by atoms with van der Waals surface area (Å²) in [7, 11) is -0.628. The van der Waals surface area contributed by atoms with Crippen molar-refractivity contribution in [1.29, 1.82) is 0 Å². The van der Waals surface area contributed by atoms with Crippen molar-refractivity contribution in [3.63, 3.8) is 0 Å². The van der Waals surface area contributed by atoms with E-state index >= 15 is 0 Å². The first-order valence-corrected chi connectivity index (χ1v) is 9.53. The first kappa shape index (κ1) is 15.5. The van der Waals surface area contributed by atoms with Gasteiger partial charge in [-0.1, -0.05) is 33.6 Å². The Morgan fingerprint density at radius 1 is 1.21 bits per heavy atom. The maximum atomic E-state index is 12.7. The maximum absolute atomic E-state index is 12.7. The highest BCUT2D eigenvalue weighted by Crippen LogP contribution is 2.40. The zero-order valence-corrected chi connectivity index (χ0v) is 13.7. The van der Waals surface area contributed by atoms with E-state index in [9.17, 15) is 4.21 Å². The number of nitrogens with one attached hydrogen (secondary N) is 1.